The molecule has 0 aliphatic carbocycles. The number of alkyl halides is 2. The second-order valence-corrected chi connectivity index (χ2v) is 4.82. The number of halogens is 2. The van der Waals surface area contributed by atoms with Crippen LogP contribution in [0.1, 0.15) is 20.8 Å². The highest BCUT2D eigenvalue weighted by atomic mass is 19.2. The van der Waals surface area contributed by atoms with E-state index < -0.39 is 42.2 Å². The Labute approximate surface area is 114 Å². The first-order chi connectivity index (χ1) is 9.06. The molecule has 0 bridgehead atoms. The zero-order valence-electron chi connectivity index (χ0n) is 11.3. The zero-order valence-corrected chi connectivity index (χ0v) is 11.3. The lowest BCUT2D eigenvalue weighted by Crippen LogP contribution is -2.50. The minimum Gasteiger partial charge on any atom is -0.390 e. The van der Waals surface area contributed by atoms with Crippen molar-refractivity contribution in [2.45, 2.75) is 44.6 Å². The highest BCUT2D eigenvalue weighted by Gasteiger charge is 2.65. The summed E-state index contributed by atoms with van der Waals surface area (Å²) in [6.45, 7) is 1.84. The molecule has 0 radical (unpaired) electrons. The molecule has 0 aromatic carbocycles. The first-order valence-electron chi connectivity index (χ1n) is 5.88. The van der Waals surface area contributed by atoms with E-state index in [2.05, 4.69) is 4.74 Å². The van der Waals surface area contributed by atoms with Crippen molar-refractivity contribution in [3.63, 3.8) is 0 Å². The van der Waals surface area contributed by atoms with Crippen molar-refractivity contribution in [3.8, 4) is 0 Å². The second kappa shape index (κ2) is 5.55. The van der Waals surface area contributed by atoms with Crippen molar-refractivity contribution >= 4 is 11.7 Å². The molecule has 0 aromatic heterocycles. The molecule has 1 amide bonds. The van der Waals surface area contributed by atoms with E-state index in [1.54, 1.807) is 0 Å². The van der Waals surface area contributed by atoms with Crippen LogP contribution >= 0.6 is 0 Å². The Morgan fingerprint density at radius 2 is 1.95 bits per heavy atom. The van der Waals surface area contributed by atoms with Crippen LogP contribution in [0.15, 0.2) is 12.3 Å². The minimum absolute atomic E-state index is 0.413. The highest BCUT2D eigenvalue weighted by molar-refractivity contribution is 5.88. The van der Waals surface area contributed by atoms with Gasteiger partial charge in [0.1, 0.15) is 6.61 Å². The zero-order chi connectivity index (χ0) is 15.7. The molecule has 1 fully saturated rings. The standard InChI is InChI=1S/C12H17F2NO5/c1-7(17)4-5-15(8(2)18)10-11(3,13)9(19)12(14,6-16)20-10/h4-5,9-10,16,19H,6H2,1-3H3/b5-4-/t9-,10+,11+,12+/m0/s1. The van der Waals surface area contributed by atoms with Gasteiger partial charge in [0.15, 0.2) is 23.8 Å². The molecule has 6 nitrogen and oxygen atoms in total. The minimum atomic E-state index is -3.02. The Kier molecular flexibility index (Phi) is 4.62. The van der Waals surface area contributed by atoms with Gasteiger partial charge in [-0.1, -0.05) is 0 Å². The number of aliphatic hydroxyl groups is 2. The summed E-state index contributed by atoms with van der Waals surface area (Å²) >= 11 is 0. The summed E-state index contributed by atoms with van der Waals surface area (Å²) in [5.41, 5.74) is -2.66. The predicted octanol–water partition coefficient (Wildman–Crippen LogP) is 0.0411. The van der Waals surface area contributed by atoms with E-state index in [4.69, 9.17) is 5.11 Å². The summed E-state index contributed by atoms with van der Waals surface area (Å²) in [4.78, 5) is 23.0. The predicted molar refractivity (Wildman–Crippen MR) is 63.7 cm³/mol. The van der Waals surface area contributed by atoms with Crippen LogP contribution in [0.4, 0.5) is 8.78 Å². The molecule has 1 saturated heterocycles. The van der Waals surface area contributed by atoms with Gasteiger partial charge in [0, 0.05) is 13.1 Å². The van der Waals surface area contributed by atoms with Crippen LogP contribution in [-0.2, 0) is 14.3 Å². The quantitative estimate of drug-likeness (QED) is 0.715. The lowest BCUT2D eigenvalue weighted by atomic mass is 9.97. The number of ether oxygens (including phenoxy) is 1. The van der Waals surface area contributed by atoms with Gasteiger partial charge >= 0.3 is 0 Å². The first-order valence-corrected chi connectivity index (χ1v) is 5.88. The molecular weight excluding hydrogens is 276 g/mol. The normalized spacial score (nSPS) is 37.4. The van der Waals surface area contributed by atoms with Crippen molar-refractivity contribution in [3.05, 3.63) is 12.3 Å². The van der Waals surface area contributed by atoms with Crippen LogP contribution in [0.5, 0.6) is 0 Å². The fourth-order valence-corrected chi connectivity index (χ4v) is 1.91. The Bertz CT molecular complexity index is 440. The summed E-state index contributed by atoms with van der Waals surface area (Å²) in [5, 5.41) is 18.5. The largest absolute Gasteiger partial charge is 0.390 e. The molecule has 0 aromatic rings. The van der Waals surface area contributed by atoms with Gasteiger partial charge in [-0.2, -0.15) is 0 Å². The van der Waals surface area contributed by atoms with Gasteiger partial charge in [-0.3, -0.25) is 14.5 Å². The second-order valence-electron chi connectivity index (χ2n) is 4.82. The third-order valence-electron chi connectivity index (χ3n) is 3.04. The molecule has 20 heavy (non-hydrogen) atoms. The van der Waals surface area contributed by atoms with Gasteiger partial charge in [0.25, 0.3) is 5.85 Å². The number of rotatable bonds is 4. The van der Waals surface area contributed by atoms with E-state index in [-0.39, 0.29) is 0 Å². The molecule has 1 aliphatic heterocycles. The fraction of sp³-hybridized carbons (Fsp3) is 0.667. The number of hydrogen-bond donors (Lipinski definition) is 2. The maximum atomic E-state index is 14.4. The molecule has 0 spiro atoms. The number of carbonyl (C=O) groups excluding carboxylic acids is 2. The third kappa shape index (κ3) is 2.87. The van der Waals surface area contributed by atoms with Gasteiger partial charge in [-0.05, 0) is 19.9 Å². The van der Waals surface area contributed by atoms with Crippen LogP contribution in [0.3, 0.4) is 0 Å². The molecule has 114 valence electrons. The molecule has 0 saturated carbocycles. The SMILES string of the molecule is CC(=O)/C=C\N(C(C)=O)[C@@H]1O[C@](F)(CO)[C@@H](O)[C@@]1(C)F. The van der Waals surface area contributed by atoms with Crippen molar-refractivity contribution in [1.29, 1.82) is 0 Å². The number of ketones is 1. The van der Waals surface area contributed by atoms with E-state index in [9.17, 15) is 23.5 Å². The molecule has 4 atom stereocenters. The summed E-state index contributed by atoms with van der Waals surface area (Å²) in [5.74, 6) is -4.15. The number of aliphatic hydroxyl groups excluding tert-OH is 2. The Morgan fingerprint density at radius 3 is 2.30 bits per heavy atom. The highest BCUT2D eigenvalue weighted by Crippen LogP contribution is 2.43. The molecule has 1 rings (SSSR count). The molecule has 2 N–H and O–H groups in total. The van der Waals surface area contributed by atoms with Gasteiger partial charge in [0.05, 0.1) is 0 Å². The van der Waals surface area contributed by atoms with E-state index in [1.165, 1.54) is 6.92 Å². The molecule has 0 unspecified atom stereocenters. The topological polar surface area (TPSA) is 87.1 Å². The lowest BCUT2D eigenvalue weighted by Gasteiger charge is -2.30. The monoisotopic (exact) mass is 293 g/mol. The van der Waals surface area contributed by atoms with E-state index >= 15 is 0 Å². The Balaban J connectivity index is 3.15. The fourth-order valence-electron chi connectivity index (χ4n) is 1.91. The Hall–Kier alpha value is -1.38. The maximum absolute atomic E-state index is 14.4. The van der Waals surface area contributed by atoms with Crippen LogP contribution in [-0.4, -0.2) is 57.3 Å². The molecule has 1 aliphatic rings. The van der Waals surface area contributed by atoms with Gasteiger partial charge < -0.3 is 14.9 Å². The van der Waals surface area contributed by atoms with Crippen LogP contribution in [0.2, 0.25) is 0 Å². The van der Waals surface area contributed by atoms with Crippen molar-refractivity contribution in [2.24, 2.45) is 0 Å². The average Bonchev–Trinajstić information content (AvgIpc) is 2.51. The maximum Gasteiger partial charge on any atom is 0.263 e. The van der Waals surface area contributed by atoms with Crippen molar-refractivity contribution < 1.29 is 33.3 Å². The molecular formula is C12H17F2NO5. The van der Waals surface area contributed by atoms with Crippen LogP contribution in [0.25, 0.3) is 0 Å². The summed E-state index contributed by atoms with van der Waals surface area (Å²) in [7, 11) is 0. The van der Waals surface area contributed by atoms with Gasteiger partial charge in [-0.25, -0.2) is 8.78 Å². The molecule has 1 heterocycles. The van der Waals surface area contributed by atoms with Crippen molar-refractivity contribution in [1.82, 2.24) is 4.90 Å². The number of allylic oxidation sites excluding steroid dienone is 1. The van der Waals surface area contributed by atoms with Gasteiger partial charge in [0.2, 0.25) is 5.91 Å². The number of nitrogens with zero attached hydrogens (tertiary/aromatic N) is 1. The average molecular weight is 293 g/mol. The number of hydrogen-bond acceptors (Lipinski definition) is 5. The summed E-state index contributed by atoms with van der Waals surface area (Å²) in [6.07, 6.45) is -2.16. The number of carbonyl (C=O) groups is 2. The van der Waals surface area contributed by atoms with Crippen LogP contribution in [0, 0.1) is 0 Å². The smallest absolute Gasteiger partial charge is 0.263 e. The van der Waals surface area contributed by atoms with E-state index in [0.29, 0.717) is 4.90 Å². The Morgan fingerprint density at radius 1 is 1.40 bits per heavy atom. The van der Waals surface area contributed by atoms with Gasteiger partial charge in [-0.15, -0.1) is 0 Å². The third-order valence-corrected chi connectivity index (χ3v) is 3.04. The summed E-state index contributed by atoms with van der Waals surface area (Å²) in [6, 6.07) is 0. The van der Waals surface area contributed by atoms with E-state index in [0.717, 1.165) is 26.1 Å². The van der Waals surface area contributed by atoms with Crippen LogP contribution < -0.4 is 0 Å². The van der Waals surface area contributed by atoms with Crippen molar-refractivity contribution in [2.75, 3.05) is 6.61 Å². The summed E-state index contributed by atoms with van der Waals surface area (Å²) < 4.78 is 33.1. The molecule has 8 heteroatoms. The lowest BCUT2D eigenvalue weighted by molar-refractivity contribution is -0.212. The first kappa shape index (κ1) is 16.7. The number of amides is 1. The van der Waals surface area contributed by atoms with E-state index in [1.807, 2.05) is 0 Å².